The highest BCUT2D eigenvalue weighted by atomic mass is 16.5. The van der Waals surface area contributed by atoms with Gasteiger partial charge in [-0.3, -0.25) is 9.79 Å². The second kappa shape index (κ2) is 8.36. The monoisotopic (exact) mass is 310 g/mol. The van der Waals surface area contributed by atoms with E-state index >= 15 is 0 Å². The smallest absolute Gasteiger partial charge is 0.251 e. The molecule has 2 fully saturated rings. The normalized spacial score (nSPS) is 23.3. The van der Waals surface area contributed by atoms with Crippen molar-refractivity contribution in [3.05, 3.63) is 0 Å². The van der Waals surface area contributed by atoms with Crippen molar-refractivity contribution < 1.29 is 9.53 Å². The Balaban J connectivity index is 1.76. The van der Waals surface area contributed by atoms with Gasteiger partial charge in [-0.2, -0.15) is 0 Å². The first-order chi connectivity index (χ1) is 10.6. The fraction of sp³-hybridized carbons (Fsp3) is 0.875. The van der Waals surface area contributed by atoms with Crippen LogP contribution in [-0.4, -0.2) is 74.1 Å². The van der Waals surface area contributed by atoms with Crippen LogP contribution in [0.25, 0.3) is 0 Å². The van der Waals surface area contributed by atoms with E-state index in [0.717, 1.165) is 64.6 Å². The second-order valence-corrected chi connectivity index (χ2v) is 6.47. The maximum Gasteiger partial charge on any atom is 0.251 e. The molecule has 2 heterocycles. The van der Waals surface area contributed by atoms with Gasteiger partial charge in [-0.15, -0.1) is 0 Å². The maximum absolute atomic E-state index is 12.3. The van der Waals surface area contributed by atoms with Gasteiger partial charge in [-0.1, -0.05) is 13.8 Å². The fourth-order valence-electron chi connectivity index (χ4n) is 2.92. The van der Waals surface area contributed by atoms with Crippen molar-refractivity contribution in [1.29, 1.82) is 0 Å². The van der Waals surface area contributed by atoms with Crippen LogP contribution in [0.1, 0.15) is 33.1 Å². The molecule has 0 aromatic carbocycles. The quantitative estimate of drug-likeness (QED) is 0.620. The molecule has 6 nitrogen and oxygen atoms in total. The van der Waals surface area contributed by atoms with Crippen molar-refractivity contribution in [2.45, 2.75) is 39.2 Å². The molecule has 1 amide bonds. The van der Waals surface area contributed by atoms with Crippen molar-refractivity contribution in [3.8, 4) is 0 Å². The van der Waals surface area contributed by atoms with Crippen LogP contribution in [0.5, 0.6) is 0 Å². The lowest BCUT2D eigenvalue weighted by Crippen LogP contribution is -2.55. The lowest BCUT2D eigenvalue weighted by atomic mass is 10.1. The Kier molecular flexibility index (Phi) is 6.49. The van der Waals surface area contributed by atoms with E-state index in [1.54, 1.807) is 0 Å². The average Bonchev–Trinajstić information content (AvgIpc) is 3.05. The number of piperazine rings is 1. The Morgan fingerprint density at radius 1 is 1.27 bits per heavy atom. The molecule has 6 heteroatoms. The number of amides is 1. The maximum atomic E-state index is 12.3. The van der Waals surface area contributed by atoms with E-state index in [1.165, 1.54) is 0 Å². The van der Waals surface area contributed by atoms with Gasteiger partial charge in [-0.05, 0) is 25.2 Å². The third kappa shape index (κ3) is 4.60. The zero-order valence-corrected chi connectivity index (χ0v) is 14.2. The van der Waals surface area contributed by atoms with Gasteiger partial charge in [0.25, 0.3) is 5.91 Å². The van der Waals surface area contributed by atoms with E-state index in [0.29, 0.717) is 5.92 Å². The molecule has 0 aromatic rings. The molecule has 0 radical (unpaired) electrons. The molecule has 0 spiro atoms. The number of carbonyl (C=O) groups excluding carboxylic acids is 1. The van der Waals surface area contributed by atoms with E-state index < -0.39 is 0 Å². The Hall–Kier alpha value is -1.30. The highest BCUT2D eigenvalue weighted by molar-refractivity contribution is 5.82. The number of rotatable bonds is 4. The molecular weight excluding hydrogens is 280 g/mol. The third-order valence-corrected chi connectivity index (χ3v) is 4.31. The molecule has 1 N–H and O–H groups in total. The minimum Gasteiger partial charge on any atom is -0.368 e. The molecule has 0 saturated carbocycles. The second-order valence-electron chi connectivity index (χ2n) is 6.47. The van der Waals surface area contributed by atoms with Gasteiger partial charge >= 0.3 is 0 Å². The summed E-state index contributed by atoms with van der Waals surface area (Å²) in [5.41, 5.74) is 0. The molecule has 2 rings (SSSR count). The van der Waals surface area contributed by atoms with E-state index in [-0.39, 0.29) is 12.0 Å². The average molecular weight is 310 g/mol. The number of nitrogens with one attached hydrogen (secondary N) is 1. The van der Waals surface area contributed by atoms with E-state index in [4.69, 9.17) is 4.74 Å². The number of guanidine groups is 1. The van der Waals surface area contributed by atoms with Gasteiger partial charge in [0.1, 0.15) is 6.10 Å². The van der Waals surface area contributed by atoms with Crippen LogP contribution in [0.15, 0.2) is 4.99 Å². The highest BCUT2D eigenvalue weighted by Gasteiger charge is 2.30. The molecule has 0 bridgehead atoms. The number of hydrogen-bond donors (Lipinski definition) is 1. The lowest BCUT2D eigenvalue weighted by Gasteiger charge is -2.37. The predicted octanol–water partition coefficient (Wildman–Crippen LogP) is 0.931. The van der Waals surface area contributed by atoms with Crippen LogP contribution < -0.4 is 5.32 Å². The van der Waals surface area contributed by atoms with Crippen molar-refractivity contribution in [1.82, 2.24) is 15.1 Å². The van der Waals surface area contributed by atoms with Gasteiger partial charge in [0.05, 0.1) is 0 Å². The van der Waals surface area contributed by atoms with E-state index in [9.17, 15) is 4.79 Å². The summed E-state index contributed by atoms with van der Waals surface area (Å²) in [4.78, 5) is 20.9. The standard InChI is InChI=1S/C16H30N4O2/c1-13(2)6-7-18-16(17-3)20-10-8-19(9-11-20)15(21)14-5-4-12-22-14/h13-14H,4-12H2,1-3H3,(H,17,18). The first kappa shape index (κ1) is 17.1. The summed E-state index contributed by atoms with van der Waals surface area (Å²) in [6.45, 7) is 9.29. The fourth-order valence-corrected chi connectivity index (χ4v) is 2.92. The summed E-state index contributed by atoms with van der Waals surface area (Å²) in [5, 5.41) is 3.42. The summed E-state index contributed by atoms with van der Waals surface area (Å²) in [7, 11) is 1.82. The summed E-state index contributed by atoms with van der Waals surface area (Å²) in [6.07, 6.45) is 2.81. The topological polar surface area (TPSA) is 57.2 Å². The van der Waals surface area contributed by atoms with Gasteiger partial charge in [0.2, 0.25) is 0 Å². The van der Waals surface area contributed by atoms with E-state index in [2.05, 4.69) is 29.1 Å². The molecule has 2 saturated heterocycles. The number of carbonyl (C=O) groups is 1. The third-order valence-electron chi connectivity index (χ3n) is 4.31. The van der Waals surface area contributed by atoms with E-state index in [1.807, 2.05) is 11.9 Å². The Labute approximate surface area is 133 Å². The molecular formula is C16H30N4O2. The first-order valence-corrected chi connectivity index (χ1v) is 8.47. The van der Waals surface area contributed by atoms with Crippen LogP contribution in [0, 0.1) is 5.92 Å². The zero-order chi connectivity index (χ0) is 15.9. The molecule has 0 aliphatic carbocycles. The predicted molar refractivity (Wildman–Crippen MR) is 87.9 cm³/mol. The van der Waals surface area contributed by atoms with Gasteiger partial charge in [0, 0.05) is 46.4 Å². The number of aliphatic imine (C=N–C) groups is 1. The van der Waals surface area contributed by atoms with Crippen LogP contribution in [0.2, 0.25) is 0 Å². The Morgan fingerprint density at radius 3 is 2.50 bits per heavy atom. The van der Waals surface area contributed by atoms with Crippen LogP contribution >= 0.6 is 0 Å². The molecule has 22 heavy (non-hydrogen) atoms. The number of hydrogen-bond acceptors (Lipinski definition) is 3. The number of nitrogens with zero attached hydrogens (tertiary/aromatic N) is 3. The lowest BCUT2D eigenvalue weighted by molar-refractivity contribution is -0.142. The minimum absolute atomic E-state index is 0.167. The van der Waals surface area contributed by atoms with Crippen molar-refractivity contribution >= 4 is 11.9 Å². The zero-order valence-electron chi connectivity index (χ0n) is 14.2. The van der Waals surface area contributed by atoms with Crippen molar-refractivity contribution in [3.63, 3.8) is 0 Å². The summed E-state index contributed by atoms with van der Waals surface area (Å²) in [6, 6.07) is 0. The molecule has 2 aliphatic rings. The van der Waals surface area contributed by atoms with Crippen LogP contribution in [0.4, 0.5) is 0 Å². The van der Waals surface area contributed by atoms with Crippen LogP contribution in [-0.2, 0) is 9.53 Å². The molecule has 1 unspecified atom stereocenters. The van der Waals surface area contributed by atoms with Gasteiger partial charge < -0.3 is 19.9 Å². The Morgan fingerprint density at radius 2 is 1.95 bits per heavy atom. The molecule has 2 aliphatic heterocycles. The molecule has 1 atom stereocenters. The summed E-state index contributed by atoms with van der Waals surface area (Å²) >= 11 is 0. The van der Waals surface area contributed by atoms with Crippen molar-refractivity contribution in [2.24, 2.45) is 10.9 Å². The SMILES string of the molecule is CN=C(NCCC(C)C)N1CCN(C(=O)C2CCCO2)CC1. The van der Waals surface area contributed by atoms with Gasteiger partial charge in [0.15, 0.2) is 5.96 Å². The molecule has 126 valence electrons. The highest BCUT2D eigenvalue weighted by Crippen LogP contribution is 2.16. The van der Waals surface area contributed by atoms with Crippen molar-refractivity contribution in [2.75, 3.05) is 46.4 Å². The molecule has 0 aromatic heterocycles. The number of ether oxygens (including phenoxy) is 1. The minimum atomic E-state index is -0.199. The van der Waals surface area contributed by atoms with Crippen LogP contribution in [0.3, 0.4) is 0 Å². The van der Waals surface area contributed by atoms with Gasteiger partial charge in [-0.25, -0.2) is 0 Å². The summed E-state index contributed by atoms with van der Waals surface area (Å²) in [5.74, 6) is 1.80. The first-order valence-electron chi connectivity index (χ1n) is 8.47. The largest absolute Gasteiger partial charge is 0.368 e. The summed E-state index contributed by atoms with van der Waals surface area (Å²) < 4.78 is 5.50. The Bertz CT molecular complexity index is 384.